The molecule has 5 heteroatoms. The van der Waals surface area contributed by atoms with Crippen LogP contribution in [0.25, 0.3) is 0 Å². The van der Waals surface area contributed by atoms with E-state index in [0.717, 1.165) is 76.7 Å². The maximum atomic E-state index is 12.4. The van der Waals surface area contributed by atoms with E-state index < -0.39 is 0 Å². The van der Waals surface area contributed by atoms with Gasteiger partial charge in [0.2, 0.25) is 5.91 Å². The third-order valence-corrected chi connectivity index (χ3v) is 5.99. The fourth-order valence-electron chi connectivity index (χ4n) is 4.20. The molecule has 25 heavy (non-hydrogen) atoms. The lowest BCUT2D eigenvalue weighted by molar-refractivity contribution is -0.130. The topological polar surface area (TPSA) is 39.7 Å². The van der Waals surface area contributed by atoms with Gasteiger partial charge < -0.3 is 4.90 Å². The number of pyridine rings is 1. The van der Waals surface area contributed by atoms with Crippen LogP contribution >= 0.6 is 0 Å². The summed E-state index contributed by atoms with van der Waals surface area (Å²) in [5.41, 5.74) is 1.16. The number of hydrogen-bond acceptors (Lipinski definition) is 4. The lowest BCUT2D eigenvalue weighted by atomic mass is 10.1. The summed E-state index contributed by atoms with van der Waals surface area (Å²) in [4.78, 5) is 24.1. The summed E-state index contributed by atoms with van der Waals surface area (Å²) < 4.78 is 0. The van der Waals surface area contributed by atoms with Crippen LogP contribution in [0.1, 0.15) is 37.8 Å². The summed E-state index contributed by atoms with van der Waals surface area (Å²) >= 11 is 0. The average Bonchev–Trinajstić information content (AvgIpc) is 3.47. The first-order valence-corrected chi connectivity index (χ1v) is 9.92. The van der Waals surface area contributed by atoms with Gasteiger partial charge in [-0.05, 0) is 43.7 Å². The van der Waals surface area contributed by atoms with E-state index in [4.69, 9.17) is 0 Å². The van der Waals surface area contributed by atoms with Crippen LogP contribution in [0.2, 0.25) is 0 Å². The Morgan fingerprint density at radius 3 is 2.56 bits per heavy atom. The van der Waals surface area contributed by atoms with Crippen LogP contribution in [0.4, 0.5) is 0 Å². The van der Waals surface area contributed by atoms with Crippen molar-refractivity contribution >= 4 is 5.91 Å². The predicted molar refractivity (Wildman–Crippen MR) is 98.0 cm³/mol. The van der Waals surface area contributed by atoms with Crippen molar-refractivity contribution in [3.8, 4) is 0 Å². The molecule has 0 aromatic carbocycles. The number of rotatable bonds is 5. The van der Waals surface area contributed by atoms with Crippen LogP contribution < -0.4 is 0 Å². The monoisotopic (exact) mass is 342 g/mol. The minimum absolute atomic E-state index is 0.392. The SMILES string of the molecule is O=C1CCC(N2CCN(Cc3ccccn3)CC2)CCN1CC1CC1. The molecule has 1 unspecified atom stereocenters. The summed E-state index contributed by atoms with van der Waals surface area (Å²) in [5.74, 6) is 1.19. The molecule has 1 aromatic rings. The second-order valence-corrected chi connectivity index (χ2v) is 7.90. The lowest BCUT2D eigenvalue weighted by Crippen LogP contribution is -2.50. The van der Waals surface area contributed by atoms with E-state index in [1.165, 1.54) is 12.8 Å². The zero-order valence-electron chi connectivity index (χ0n) is 15.1. The third-order valence-electron chi connectivity index (χ3n) is 5.99. The van der Waals surface area contributed by atoms with Gasteiger partial charge in [0, 0.05) is 64.5 Å². The van der Waals surface area contributed by atoms with Crippen molar-refractivity contribution in [3.05, 3.63) is 30.1 Å². The molecule has 1 atom stereocenters. The molecule has 3 heterocycles. The molecule has 0 N–H and O–H groups in total. The van der Waals surface area contributed by atoms with Crippen molar-refractivity contribution in [2.75, 3.05) is 39.3 Å². The minimum atomic E-state index is 0.392. The van der Waals surface area contributed by atoms with Crippen molar-refractivity contribution in [1.29, 1.82) is 0 Å². The van der Waals surface area contributed by atoms with Gasteiger partial charge in [0.15, 0.2) is 0 Å². The van der Waals surface area contributed by atoms with Gasteiger partial charge in [-0.15, -0.1) is 0 Å². The Morgan fingerprint density at radius 2 is 1.84 bits per heavy atom. The van der Waals surface area contributed by atoms with Gasteiger partial charge in [-0.3, -0.25) is 19.6 Å². The highest BCUT2D eigenvalue weighted by Gasteiger charge is 2.31. The zero-order valence-corrected chi connectivity index (χ0v) is 15.1. The molecular formula is C20H30N4O. The van der Waals surface area contributed by atoms with E-state index in [0.29, 0.717) is 11.9 Å². The summed E-state index contributed by atoms with van der Waals surface area (Å²) in [7, 11) is 0. The van der Waals surface area contributed by atoms with Crippen LogP contribution in [0.3, 0.4) is 0 Å². The molecule has 5 nitrogen and oxygen atoms in total. The van der Waals surface area contributed by atoms with Crippen molar-refractivity contribution in [2.45, 2.75) is 44.7 Å². The standard InChI is InChI=1S/C20H30N4O/c25-20-7-6-19(8-10-24(20)15-17-4-5-17)23-13-11-22(12-14-23)16-18-3-1-2-9-21-18/h1-3,9,17,19H,4-8,10-16H2. The van der Waals surface area contributed by atoms with Gasteiger partial charge in [-0.1, -0.05) is 6.07 Å². The van der Waals surface area contributed by atoms with Crippen LogP contribution in [-0.4, -0.2) is 70.9 Å². The highest BCUT2D eigenvalue weighted by Crippen LogP contribution is 2.31. The molecular weight excluding hydrogens is 312 g/mol. The van der Waals surface area contributed by atoms with Gasteiger partial charge in [0.1, 0.15) is 0 Å². The summed E-state index contributed by atoms with van der Waals surface area (Å²) in [5, 5.41) is 0. The quantitative estimate of drug-likeness (QED) is 0.820. The van der Waals surface area contributed by atoms with Crippen LogP contribution in [0.15, 0.2) is 24.4 Å². The van der Waals surface area contributed by atoms with Gasteiger partial charge >= 0.3 is 0 Å². The molecule has 1 saturated carbocycles. The molecule has 2 aliphatic heterocycles. The number of piperazine rings is 1. The lowest BCUT2D eigenvalue weighted by Gasteiger charge is -2.39. The van der Waals surface area contributed by atoms with Crippen molar-refractivity contribution in [3.63, 3.8) is 0 Å². The first-order valence-electron chi connectivity index (χ1n) is 9.92. The van der Waals surface area contributed by atoms with E-state index in [1.807, 2.05) is 12.3 Å². The van der Waals surface area contributed by atoms with Gasteiger partial charge in [0.05, 0.1) is 5.69 Å². The molecule has 1 amide bonds. The molecule has 3 aliphatic rings. The normalized spacial score (nSPS) is 26.6. The first-order chi connectivity index (χ1) is 12.3. The maximum Gasteiger partial charge on any atom is 0.222 e. The number of likely N-dealkylation sites (tertiary alicyclic amines) is 1. The van der Waals surface area contributed by atoms with E-state index in [9.17, 15) is 4.79 Å². The minimum Gasteiger partial charge on any atom is -0.342 e. The van der Waals surface area contributed by atoms with E-state index in [2.05, 4.69) is 31.8 Å². The Kier molecular flexibility index (Phi) is 5.32. The van der Waals surface area contributed by atoms with Gasteiger partial charge in [-0.25, -0.2) is 0 Å². The molecule has 3 fully saturated rings. The molecule has 136 valence electrons. The molecule has 0 spiro atoms. The average molecular weight is 342 g/mol. The third kappa shape index (κ3) is 4.59. The molecule has 4 rings (SSSR count). The highest BCUT2D eigenvalue weighted by atomic mass is 16.2. The number of amides is 1. The van der Waals surface area contributed by atoms with E-state index >= 15 is 0 Å². The smallest absolute Gasteiger partial charge is 0.222 e. The Bertz CT molecular complexity index is 566. The van der Waals surface area contributed by atoms with Crippen LogP contribution in [0.5, 0.6) is 0 Å². The maximum absolute atomic E-state index is 12.4. The fraction of sp³-hybridized carbons (Fsp3) is 0.700. The Labute approximate surface area is 151 Å². The first kappa shape index (κ1) is 17.0. The molecule has 2 saturated heterocycles. The Balaban J connectivity index is 1.25. The van der Waals surface area contributed by atoms with Crippen molar-refractivity contribution in [2.24, 2.45) is 5.92 Å². The molecule has 1 aliphatic carbocycles. The number of nitrogens with zero attached hydrogens (tertiary/aromatic N) is 4. The summed E-state index contributed by atoms with van der Waals surface area (Å²) in [6.45, 7) is 7.38. The van der Waals surface area contributed by atoms with E-state index in [1.54, 1.807) is 0 Å². The molecule has 0 bridgehead atoms. The Morgan fingerprint density at radius 1 is 1.00 bits per heavy atom. The number of aromatic nitrogens is 1. The van der Waals surface area contributed by atoms with Crippen molar-refractivity contribution in [1.82, 2.24) is 19.7 Å². The van der Waals surface area contributed by atoms with Crippen LogP contribution in [0, 0.1) is 5.92 Å². The second-order valence-electron chi connectivity index (χ2n) is 7.90. The van der Waals surface area contributed by atoms with E-state index in [-0.39, 0.29) is 0 Å². The van der Waals surface area contributed by atoms with Crippen LogP contribution in [-0.2, 0) is 11.3 Å². The summed E-state index contributed by atoms with van der Waals surface area (Å²) in [6.07, 6.45) is 7.46. The molecule has 0 radical (unpaired) electrons. The second kappa shape index (κ2) is 7.83. The fourth-order valence-corrected chi connectivity index (χ4v) is 4.20. The zero-order chi connectivity index (χ0) is 17.1. The van der Waals surface area contributed by atoms with Gasteiger partial charge in [-0.2, -0.15) is 0 Å². The number of hydrogen-bond donors (Lipinski definition) is 0. The molecule has 1 aromatic heterocycles. The highest BCUT2D eigenvalue weighted by molar-refractivity contribution is 5.76. The predicted octanol–water partition coefficient (Wildman–Crippen LogP) is 1.99. The summed E-state index contributed by atoms with van der Waals surface area (Å²) in [6, 6.07) is 6.73. The largest absolute Gasteiger partial charge is 0.342 e. The van der Waals surface area contributed by atoms with Gasteiger partial charge in [0.25, 0.3) is 0 Å². The number of carbonyl (C=O) groups excluding carboxylic acids is 1. The number of carbonyl (C=O) groups is 1. The Hall–Kier alpha value is -1.46. The van der Waals surface area contributed by atoms with Crippen molar-refractivity contribution < 1.29 is 4.79 Å².